The van der Waals surface area contributed by atoms with Crippen LogP contribution < -0.4 is 10.1 Å². The van der Waals surface area contributed by atoms with Crippen molar-refractivity contribution in [2.75, 3.05) is 5.75 Å². The number of hydrogen-bond acceptors (Lipinski definition) is 6. The van der Waals surface area contributed by atoms with E-state index in [1.807, 2.05) is 44.2 Å². The van der Waals surface area contributed by atoms with Gasteiger partial charge in [-0.3, -0.25) is 4.79 Å². The summed E-state index contributed by atoms with van der Waals surface area (Å²) in [7, 11) is 0. The van der Waals surface area contributed by atoms with E-state index in [-0.39, 0.29) is 18.3 Å². The Labute approximate surface area is 172 Å². The summed E-state index contributed by atoms with van der Waals surface area (Å²) < 4.78 is 11.3. The number of aryl methyl sites for hydroxylation is 2. The number of hydrogen-bond donors (Lipinski definition) is 1. The summed E-state index contributed by atoms with van der Waals surface area (Å²) in [6, 6.07) is 13.3. The van der Waals surface area contributed by atoms with Crippen molar-refractivity contribution in [3.8, 4) is 5.75 Å². The molecule has 28 heavy (non-hydrogen) atoms. The van der Waals surface area contributed by atoms with E-state index >= 15 is 0 Å². The zero-order valence-electron chi connectivity index (χ0n) is 15.6. The lowest BCUT2D eigenvalue weighted by atomic mass is 10.1. The first-order valence-corrected chi connectivity index (χ1v) is 10.0. The third kappa shape index (κ3) is 6.00. The Kier molecular flexibility index (Phi) is 6.95. The fourth-order valence-electron chi connectivity index (χ4n) is 2.34. The molecule has 2 aromatic carbocycles. The molecular weight excluding hydrogens is 398 g/mol. The first-order chi connectivity index (χ1) is 13.5. The van der Waals surface area contributed by atoms with E-state index in [9.17, 15) is 4.79 Å². The van der Waals surface area contributed by atoms with Gasteiger partial charge < -0.3 is 14.5 Å². The number of halogens is 1. The van der Waals surface area contributed by atoms with Gasteiger partial charge >= 0.3 is 0 Å². The summed E-state index contributed by atoms with van der Waals surface area (Å²) in [5.74, 6) is 1.22. The minimum absolute atomic E-state index is 0.119. The molecule has 0 bridgehead atoms. The normalized spacial score (nSPS) is 10.7. The Bertz CT molecular complexity index is 944. The lowest BCUT2D eigenvalue weighted by Crippen LogP contribution is -2.24. The maximum Gasteiger partial charge on any atom is 0.277 e. The summed E-state index contributed by atoms with van der Waals surface area (Å²) in [5.41, 5.74) is 3.13. The van der Waals surface area contributed by atoms with E-state index in [1.54, 1.807) is 12.1 Å². The summed E-state index contributed by atoms with van der Waals surface area (Å²) in [6.45, 7) is 4.61. The summed E-state index contributed by atoms with van der Waals surface area (Å²) in [4.78, 5) is 12.0. The first-order valence-electron chi connectivity index (χ1n) is 8.66. The maximum atomic E-state index is 12.0. The second kappa shape index (κ2) is 9.61. The molecule has 3 rings (SSSR count). The number of ether oxygens (including phenoxy) is 1. The van der Waals surface area contributed by atoms with Crippen molar-refractivity contribution in [2.24, 2.45) is 0 Å². The SMILES string of the molecule is Cc1ccc(C)c(OCc2nnc(SCC(=O)NCc3ccc(Cl)cc3)o2)c1. The predicted octanol–water partition coefficient (Wildman–Crippen LogP) is 4.33. The van der Waals surface area contributed by atoms with Crippen LogP contribution in [-0.4, -0.2) is 21.9 Å². The molecule has 0 spiro atoms. The Morgan fingerprint density at radius 2 is 1.96 bits per heavy atom. The van der Waals surface area contributed by atoms with Crippen LogP contribution in [0.2, 0.25) is 5.02 Å². The Morgan fingerprint density at radius 3 is 2.75 bits per heavy atom. The van der Waals surface area contributed by atoms with Gasteiger partial charge in [0.05, 0.1) is 5.75 Å². The Balaban J connectivity index is 1.43. The van der Waals surface area contributed by atoms with Gasteiger partial charge in [0, 0.05) is 11.6 Å². The zero-order chi connectivity index (χ0) is 19.9. The average molecular weight is 418 g/mol. The number of aromatic nitrogens is 2. The van der Waals surface area contributed by atoms with E-state index in [0.29, 0.717) is 22.7 Å². The minimum atomic E-state index is -0.119. The van der Waals surface area contributed by atoms with Crippen LogP contribution in [0.15, 0.2) is 52.1 Å². The molecule has 0 aliphatic heterocycles. The molecule has 0 fully saturated rings. The van der Waals surface area contributed by atoms with Crippen LogP contribution in [0.3, 0.4) is 0 Å². The second-order valence-electron chi connectivity index (χ2n) is 6.21. The highest BCUT2D eigenvalue weighted by molar-refractivity contribution is 7.99. The molecule has 0 atom stereocenters. The smallest absolute Gasteiger partial charge is 0.277 e. The molecule has 1 N–H and O–H groups in total. The summed E-state index contributed by atoms with van der Waals surface area (Å²) in [6.07, 6.45) is 0. The fraction of sp³-hybridized carbons (Fsp3) is 0.250. The van der Waals surface area contributed by atoms with Gasteiger partial charge in [0.15, 0.2) is 6.61 Å². The molecule has 1 heterocycles. The molecule has 0 unspecified atom stereocenters. The molecule has 0 saturated heterocycles. The number of benzene rings is 2. The fourth-order valence-corrected chi connectivity index (χ4v) is 3.07. The minimum Gasteiger partial charge on any atom is -0.484 e. The van der Waals surface area contributed by atoms with Crippen LogP contribution in [0.4, 0.5) is 0 Å². The maximum absolute atomic E-state index is 12.0. The molecule has 8 heteroatoms. The monoisotopic (exact) mass is 417 g/mol. The lowest BCUT2D eigenvalue weighted by Gasteiger charge is -2.07. The third-order valence-electron chi connectivity index (χ3n) is 3.87. The molecule has 1 aromatic heterocycles. The van der Waals surface area contributed by atoms with Gasteiger partial charge in [0.25, 0.3) is 11.1 Å². The molecule has 1 amide bonds. The van der Waals surface area contributed by atoms with E-state index in [4.69, 9.17) is 20.8 Å². The van der Waals surface area contributed by atoms with Crippen molar-refractivity contribution in [1.82, 2.24) is 15.5 Å². The molecule has 146 valence electrons. The molecule has 6 nitrogen and oxygen atoms in total. The first kappa shape index (κ1) is 20.2. The molecular formula is C20H20ClN3O3S. The van der Waals surface area contributed by atoms with Crippen molar-refractivity contribution in [2.45, 2.75) is 32.2 Å². The largest absolute Gasteiger partial charge is 0.484 e. The van der Waals surface area contributed by atoms with E-state index in [2.05, 4.69) is 15.5 Å². The number of thioether (sulfide) groups is 1. The van der Waals surface area contributed by atoms with Crippen LogP contribution in [0.1, 0.15) is 22.6 Å². The second-order valence-corrected chi connectivity index (χ2v) is 7.57. The lowest BCUT2D eigenvalue weighted by molar-refractivity contribution is -0.118. The van der Waals surface area contributed by atoms with Crippen LogP contribution in [0, 0.1) is 13.8 Å². The number of nitrogens with one attached hydrogen (secondary N) is 1. The van der Waals surface area contributed by atoms with Gasteiger partial charge in [0.1, 0.15) is 5.75 Å². The van der Waals surface area contributed by atoms with Crippen LogP contribution in [-0.2, 0) is 17.9 Å². The van der Waals surface area contributed by atoms with Crippen LogP contribution in [0.5, 0.6) is 5.75 Å². The highest BCUT2D eigenvalue weighted by Gasteiger charge is 2.11. The van der Waals surface area contributed by atoms with Gasteiger partial charge in [-0.25, -0.2) is 0 Å². The van der Waals surface area contributed by atoms with Gasteiger partial charge in [-0.05, 0) is 48.7 Å². The molecule has 3 aromatic rings. The van der Waals surface area contributed by atoms with Crippen LogP contribution in [0.25, 0.3) is 0 Å². The quantitative estimate of drug-likeness (QED) is 0.550. The van der Waals surface area contributed by atoms with Gasteiger partial charge in [0.2, 0.25) is 5.91 Å². The van der Waals surface area contributed by atoms with Gasteiger partial charge in [-0.1, -0.05) is 47.6 Å². The predicted molar refractivity (Wildman–Crippen MR) is 109 cm³/mol. The summed E-state index contributed by atoms with van der Waals surface area (Å²) >= 11 is 7.03. The standard InChI is InChI=1S/C20H20ClN3O3S/c1-13-3-4-14(2)17(9-13)26-11-19-23-24-20(27-19)28-12-18(25)22-10-15-5-7-16(21)8-6-15/h3-9H,10-12H2,1-2H3,(H,22,25). The number of carbonyl (C=O) groups excluding carboxylic acids is 1. The van der Waals surface area contributed by atoms with E-state index in [1.165, 1.54) is 11.8 Å². The zero-order valence-corrected chi connectivity index (χ0v) is 17.1. The number of nitrogens with zero attached hydrogens (tertiary/aromatic N) is 2. The Hall–Kier alpha value is -2.51. The molecule has 0 radical (unpaired) electrons. The average Bonchev–Trinajstić information content (AvgIpc) is 3.14. The van der Waals surface area contributed by atoms with E-state index < -0.39 is 0 Å². The van der Waals surface area contributed by atoms with Crippen molar-refractivity contribution in [1.29, 1.82) is 0 Å². The van der Waals surface area contributed by atoms with Crippen LogP contribution >= 0.6 is 23.4 Å². The van der Waals surface area contributed by atoms with Crippen molar-refractivity contribution in [3.63, 3.8) is 0 Å². The van der Waals surface area contributed by atoms with Crippen molar-refractivity contribution >= 4 is 29.3 Å². The third-order valence-corrected chi connectivity index (χ3v) is 4.94. The number of rotatable bonds is 8. The molecule has 0 saturated carbocycles. The highest BCUT2D eigenvalue weighted by Crippen LogP contribution is 2.21. The Morgan fingerprint density at radius 1 is 1.18 bits per heavy atom. The number of carbonyl (C=O) groups is 1. The summed E-state index contributed by atoms with van der Waals surface area (Å²) in [5, 5.41) is 11.7. The van der Waals surface area contributed by atoms with Gasteiger partial charge in [-0.2, -0.15) is 0 Å². The van der Waals surface area contributed by atoms with Crippen molar-refractivity contribution < 1.29 is 13.9 Å². The molecule has 0 aliphatic rings. The number of amides is 1. The van der Waals surface area contributed by atoms with E-state index in [0.717, 1.165) is 22.4 Å². The van der Waals surface area contributed by atoms with Crippen molar-refractivity contribution in [3.05, 3.63) is 70.1 Å². The highest BCUT2D eigenvalue weighted by atomic mass is 35.5. The molecule has 0 aliphatic carbocycles. The van der Waals surface area contributed by atoms with Gasteiger partial charge in [-0.15, -0.1) is 10.2 Å². The topological polar surface area (TPSA) is 77.2 Å².